The van der Waals surface area contributed by atoms with Gasteiger partial charge in [0.15, 0.2) is 5.69 Å². The summed E-state index contributed by atoms with van der Waals surface area (Å²) < 4.78 is 11.2. The smallest absolute Gasteiger partial charge is 0.306 e. The Kier molecular flexibility index (Phi) is 6.39. The minimum absolute atomic E-state index is 0.120. The molecule has 150 valence electrons. The number of esters is 1. The van der Waals surface area contributed by atoms with Crippen LogP contribution in [0.1, 0.15) is 48.4 Å². The molecule has 2 aromatic carbocycles. The first kappa shape index (κ1) is 20.3. The van der Waals surface area contributed by atoms with E-state index in [0.29, 0.717) is 34.6 Å². The van der Waals surface area contributed by atoms with Crippen LogP contribution in [-0.4, -0.2) is 23.3 Å². The second kappa shape index (κ2) is 9.14. The molecule has 0 atom stereocenters. The number of nitrogens with zero attached hydrogens (tertiary/aromatic N) is 2. The van der Waals surface area contributed by atoms with E-state index in [9.17, 15) is 14.8 Å². The van der Waals surface area contributed by atoms with Gasteiger partial charge in [-0.2, -0.15) is 4.73 Å². The van der Waals surface area contributed by atoms with Crippen LogP contribution < -0.4 is 9.47 Å². The molecule has 0 spiro atoms. The number of carbonyl (C=O) groups excluding carboxylic acids is 2. The van der Waals surface area contributed by atoms with Gasteiger partial charge in [-0.15, -0.1) is 0 Å². The van der Waals surface area contributed by atoms with E-state index in [-0.39, 0.29) is 29.9 Å². The molecule has 7 nitrogen and oxygen atoms in total. The van der Waals surface area contributed by atoms with E-state index in [2.05, 4.69) is 4.98 Å². The van der Waals surface area contributed by atoms with Crippen molar-refractivity contribution in [3.8, 4) is 5.75 Å². The summed E-state index contributed by atoms with van der Waals surface area (Å²) in [7, 11) is 0. The molecular weight excluding hydrogens is 372 g/mol. The van der Waals surface area contributed by atoms with Gasteiger partial charge in [-0.25, -0.2) is 4.98 Å². The Bertz CT molecular complexity index is 1030. The van der Waals surface area contributed by atoms with Crippen LogP contribution in [0.5, 0.6) is 5.75 Å². The normalized spacial score (nSPS) is 10.7. The van der Waals surface area contributed by atoms with E-state index in [1.165, 1.54) is 0 Å². The van der Waals surface area contributed by atoms with Gasteiger partial charge in [0.25, 0.3) is 11.5 Å². The highest BCUT2D eigenvalue weighted by Gasteiger charge is 2.28. The monoisotopic (exact) mass is 394 g/mol. The lowest BCUT2D eigenvalue weighted by molar-refractivity contribution is -0.580. The molecule has 0 amide bonds. The number of hydrogen-bond acceptors (Lipinski definition) is 6. The molecule has 0 aliphatic rings. The second-order valence-electron chi connectivity index (χ2n) is 6.39. The molecule has 0 aliphatic carbocycles. The Morgan fingerprint density at radius 2 is 1.86 bits per heavy atom. The first-order chi connectivity index (χ1) is 14.0. The van der Waals surface area contributed by atoms with Crippen LogP contribution in [0.25, 0.3) is 11.0 Å². The highest BCUT2D eigenvalue weighted by Crippen LogP contribution is 2.20. The van der Waals surface area contributed by atoms with Crippen molar-refractivity contribution in [1.82, 2.24) is 4.98 Å². The third kappa shape index (κ3) is 4.51. The number of benzene rings is 2. The van der Waals surface area contributed by atoms with Gasteiger partial charge in [0.1, 0.15) is 17.9 Å². The summed E-state index contributed by atoms with van der Waals surface area (Å²) in [6, 6.07) is 13.3. The van der Waals surface area contributed by atoms with Gasteiger partial charge in [0.05, 0.1) is 12.7 Å². The molecule has 0 saturated heterocycles. The zero-order valence-corrected chi connectivity index (χ0v) is 16.4. The molecule has 0 aliphatic heterocycles. The van der Waals surface area contributed by atoms with Crippen molar-refractivity contribution < 1.29 is 23.8 Å². The number of ketones is 1. The summed E-state index contributed by atoms with van der Waals surface area (Å²) in [4.78, 5) is 29.3. The summed E-state index contributed by atoms with van der Waals surface area (Å²) in [5, 5.41) is 13.2. The molecule has 0 bridgehead atoms. The maximum atomic E-state index is 13.2. The summed E-state index contributed by atoms with van der Waals surface area (Å²) in [5.74, 6) is -0.387. The first-order valence-electron chi connectivity index (χ1n) is 9.49. The van der Waals surface area contributed by atoms with Crippen LogP contribution >= 0.6 is 0 Å². The van der Waals surface area contributed by atoms with Gasteiger partial charge in [-0.05, 0) is 25.5 Å². The lowest BCUT2D eigenvalue weighted by atomic mass is 10.1. The average molecular weight is 394 g/mol. The van der Waals surface area contributed by atoms with Gasteiger partial charge in [-0.1, -0.05) is 37.3 Å². The van der Waals surface area contributed by atoms with Crippen LogP contribution in [0.3, 0.4) is 0 Å². The van der Waals surface area contributed by atoms with Crippen molar-refractivity contribution in [2.24, 2.45) is 0 Å². The van der Waals surface area contributed by atoms with E-state index in [1.54, 1.807) is 48.5 Å². The summed E-state index contributed by atoms with van der Waals surface area (Å²) in [6.45, 7) is 3.89. The standard InChI is InChI=1S/C22H22N2O5/c1-3-8-20(25)29-14-18-21(22(26)15-9-6-5-7-10-15)24(27)19-13-16(28-4-2)11-12-17(19)23-18/h5-7,9-13H,3-4,8,14H2,1-2H3. The molecule has 0 N–H and O–H groups in total. The molecule has 7 heteroatoms. The molecule has 3 aromatic rings. The Morgan fingerprint density at radius 1 is 1.10 bits per heavy atom. The molecule has 1 heterocycles. The van der Waals surface area contributed by atoms with Crippen LogP contribution in [-0.2, 0) is 16.1 Å². The van der Waals surface area contributed by atoms with E-state index in [4.69, 9.17) is 9.47 Å². The fourth-order valence-electron chi connectivity index (χ4n) is 2.93. The van der Waals surface area contributed by atoms with Crippen LogP contribution in [0, 0.1) is 5.21 Å². The highest BCUT2D eigenvalue weighted by atomic mass is 16.5. The summed E-state index contributed by atoms with van der Waals surface area (Å²) >= 11 is 0. The summed E-state index contributed by atoms with van der Waals surface area (Å²) in [6.07, 6.45) is 0.895. The predicted octanol–water partition coefficient (Wildman–Crippen LogP) is 3.34. The van der Waals surface area contributed by atoms with E-state index in [1.807, 2.05) is 13.8 Å². The first-order valence-corrected chi connectivity index (χ1v) is 9.49. The van der Waals surface area contributed by atoms with Crippen LogP contribution in [0.4, 0.5) is 0 Å². The summed E-state index contributed by atoms with van der Waals surface area (Å²) in [5.41, 5.74) is 0.894. The van der Waals surface area contributed by atoms with Crippen molar-refractivity contribution in [3.63, 3.8) is 0 Å². The molecule has 0 radical (unpaired) electrons. The Hall–Kier alpha value is -3.48. The molecule has 1 aromatic heterocycles. The average Bonchev–Trinajstić information content (AvgIpc) is 2.73. The second-order valence-corrected chi connectivity index (χ2v) is 6.39. The van der Waals surface area contributed by atoms with Crippen LogP contribution in [0.2, 0.25) is 0 Å². The zero-order valence-electron chi connectivity index (χ0n) is 16.4. The molecule has 3 rings (SSSR count). The topological polar surface area (TPSA) is 92.4 Å². The zero-order chi connectivity index (χ0) is 20.8. The van der Waals surface area contributed by atoms with Crippen molar-refractivity contribution in [3.05, 3.63) is 70.7 Å². The quantitative estimate of drug-likeness (QED) is 0.252. The number of fused-ring (bicyclic) bond motifs is 1. The van der Waals surface area contributed by atoms with Crippen LogP contribution in [0.15, 0.2) is 48.5 Å². The largest absolute Gasteiger partial charge is 0.618 e. The van der Waals surface area contributed by atoms with Crippen molar-refractivity contribution in [2.75, 3.05) is 6.61 Å². The third-order valence-electron chi connectivity index (χ3n) is 4.28. The van der Waals surface area contributed by atoms with Crippen molar-refractivity contribution >= 4 is 22.8 Å². The fraction of sp³-hybridized carbons (Fsp3) is 0.273. The van der Waals surface area contributed by atoms with Crippen molar-refractivity contribution in [1.29, 1.82) is 0 Å². The van der Waals surface area contributed by atoms with Gasteiger partial charge < -0.3 is 14.7 Å². The maximum Gasteiger partial charge on any atom is 0.306 e. The molecule has 0 unspecified atom stereocenters. The number of rotatable bonds is 8. The van der Waals surface area contributed by atoms with E-state index < -0.39 is 11.8 Å². The molecule has 0 saturated carbocycles. The Morgan fingerprint density at radius 3 is 2.55 bits per heavy atom. The van der Waals surface area contributed by atoms with E-state index in [0.717, 1.165) is 0 Å². The number of aromatic nitrogens is 2. The minimum Gasteiger partial charge on any atom is -0.618 e. The van der Waals surface area contributed by atoms with Gasteiger partial charge in [0.2, 0.25) is 5.52 Å². The maximum absolute atomic E-state index is 13.2. The number of hydrogen-bond donors (Lipinski definition) is 0. The molecule has 29 heavy (non-hydrogen) atoms. The SMILES string of the molecule is CCCC(=O)OCc1nc2ccc(OCC)cc2[n+]([O-])c1C(=O)c1ccccc1. The molecular formula is C22H22N2O5. The van der Waals surface area contributed by atoms with E-state index >= 15 is 0 Å². The Balaban J connectivity index is 2.11. The highest BCUT2D eigenvalue weighted by molar-refractivity contribution is 6.07. The lowest BCUT2D eigenvalue weighted by Gasteiger charge is -2.12. The van der Waals surface area contributed by atoms with Gasteiger partial charge in [0, 0.05) is 12.0 Å². The molecule has 0 fully saturated rings. The lowest BCUT2D eigenvalue weighted by Crippen LogP contribution is -2.38. The predicted molar refractivity (Wildman–Crippen MR) is 106 cm³/mol. The number of ether oxygens (including phenoxy) is 2. The Labute approximate surface area is 168 Å². The number of carbonyl (C=O) groups is 2. The third-order valence-corrected chi connectivity index (χ3v) is 4.28. The van der Waals surface area contributed by atoms with Gasteiger partial charge >= 0.3 is 5.97 Å². The fourth-order valence-corrected chi connectivity index (χ4v) is 2.93. The minimum atomic E-state index is -0.488. The van der Waals surface area contributed by atoms with Crippen molar-refractivity contribution in [2.45, 2.75) is 33.3 Å². The van der Waals surface area contributed by atoms with Gasteiger partial charge in [-0.3, -0.25) is 9.59 Å².